The Morgan fingerprint density at radius 3 is 2.71 bits per heavy atom. The highest BCUT2D eigenvalue weighted by Gasteiger charge is 2.39. The van der Waals surface area contributed by atoms with Crippen molar-refractivity contribution in [3.63, 3.8) is 0 Å². The van der Waals surface area contributed by atoms with Crippen LogP contribution in [0.4, 0.5) is 15.8 Å². The van der Waals surface area contributed by atoms with E-state index in [1.54, 1.807) is 13.8 Å². The fourth-order valence-corrected chi connectivity index (χ4v) is 1.64. The average molecular weight is 237 g/mol. The first-order chi connectivity index (χ1) is 7.86. The van der Waals surface area contributed by atoms with Crippen molar-refractivity contribution in [3.8, 4) is 5.75 Å². The zero-order chi connectivity index (χ0) is 12.8. The van der Waals surface area contributed by atoms with Crippen LogP contribution in [0.15, 0.2) is 17.4 Å². The molecule has 1 aromatic rings. The Morgan fingerprint density at radius 2 is 2.12 bits per heavy atom. The molecule has 17 heavy (non-hydrogen) atoms. The third kappa shape index (κ3) is 1.59. The second-order valence-corrected chi connectivity index (χ2v) is 4.22. The van der Waals surface area contributed by atoms with E-state index in [1.807, 2.05) is 0 Å². The summed E-state index contributed by atoms with van der Waals surface area (Å²) < 4.78 is 19.1. The summed E-state index contributed by atoms with van der Waals surface area (Å²) >= 11 is 0. The molecule has 6 nitrogen and oxygen atoms in total. The van der Waals surface area contributed by atoms with Crippen molar-refractivity contribution in [3.05, 3.63) is 17.9 Å². The van der Waals surface area contributed by atoms with E-state index in [2.05, 4.69) is 5.22 Å². The lowest BCUT2D eigenvalue weighted by Gasteiger charge is -2.37. The van der Waals surface area contributed by atoms with Gasteiger partial charge in [-0.25, -0.2) is 4.39 Å². The van der Waals surface area contributed by atoms with Crippen LogP contribution in [0.25, 0.3) is 0 Å². The zero-order valence-corrected chi connectivity index (χ0v) is 9.41. The maximum Gasteiger partial charge on any atom is 0.182 e. The maximum absolute atomic E-state index is 13.7. The van der Waals surface area contributed by atoms with Crippen LogP contribution in [0.5, 0.6) is 5.75 Å². The molecule has 0 radical (unpaired) electrons. The van der Waals surface area contributed by atoms with E-state index in [4.69, 9.17) is 21.4 Å². The van der Waals surface area contributed by atoms with E-state index >= 15 is 0 Å². The van der Waals surface area contributed by atoms with E-state index < -0.39 is 11.4 Å². The van der Waals surface area contributed by atoms with Gasteiger partial charge < -0.3 is 10.5 Å². The highest BCUT2D eigenvalue weighted by atomic mass is 19.1. The molecule has 0 saturated heterocycles. The van der Waals surface area contributed by atoms with Gasteiger partial charge in [0.25, 0.3) is 0 Å². The Kier molecular flexibility index (Phi) is 2.27. The molecule has 7 heteroatoms. The van der Waals surface area contributed by atoms with Gasteiger partial charge in [0, 0.05) is 11.8 Å². The monoisotopic (exact) mass is 237 g/mol. The zero-order valence-electron chi connectivity index (χ0n) is 9.41. The smallest absolute Gasteiger partial charge is 0.182 e. The third-order valence-electron chi connectivity index (χ3n) is 2.51. The number of anilines is 2. The Labute approximate surface area is 97.2 Å². The summed E-state index contributed by atoms with van der Waals surface area (Å²) in [5.41, 5.74) is 11.9. The number of nitrogens with one attached hydrogen (secondary N) is 2. The summed E-state index contributed by atoms with van der Waals surface area (Å²) in [5.74, 6) is -0.726. The number of amidine groups is 1. The van der Waals surface area contributed by atoms with E-state index in [1.165, 1.54) is 6.07 Å². The molecule has 0 amide bonds. The Morgan fingerprint density at radius 1 is 1.47 bits per heavy atom. The quantitative estimate of drug-likeness (QED) is 0.516. The normalized spacial score (nSPS) is 17.4. The first kappa shape index (κ1) is 11.3. The van der Waals surface area contributed by atoms with E-state index in [0.717, 1.165) is 11.1 Å². The number of hydrogen-bond donors (Lipinski definition) is 3. The molecule has 0 bridgehead atoms. The van der Waals surface area contributed by atoms with Crippen molar-refractivity contribution in [2.24, 2.45) is 5.22 Å². The van der Waals surface area contributed by atoms with Crippen molar-refractivity contribution in [2.45, 2.75) is 19.4 Å². The number of hydrogen-bond acceptors (Lipinski definition) is 5. The fourth-order valence-electron chi connectivity index (χ4n) is 1.64. The molecule has 0 saturated carbocycles. The largest absolute Gasteiger partial charge is 0.475 e. The summed E-state index contributed by atoms with van der Waals surface area (Å²) in [5, 5.41) is 12.0. The van der Waals surface area contributed by atoms with Gasteiger partial charge in [0.05, 0.1) is 0 Å². The topological polar surface area (TPSA) is 98.6 Å². The number of benzene rings is 1. The van der Waals surface area contributed by atoms with Gasteiger partial charge in [-0.05, 0) is 19.9 Å². The van der Waals surface area contributed by atoms with Gasteiger partial charge in [0.2, 0.25) is 0 Å². The van der Waals surface area contributed by atoms with Gasteiger partial charge in [0.1, 0.15) is 5.69 Å². The molecule has 90 valence electrons. The second kappa shape index (κ2) is 3.41. The summed E-state index contributed by atoms with van der Waals surface area (Å²) in [7, 11) is 0. The van der Waals surface area contributed by atoms with E-state index in [9.17, 15) is 4.39 Å². The van der Waals surface area contributed by atoms with Crippen molar-refractivity contribution < 1.29 is 9.13 Å². The number of fused-ring (bicyclic) bond motifs is 1. The summed E-state index contributed by atoms with van der Waals surface area (Å²) in [6.07, 6.45) is 0. The molecular formula is C10H12FN5O. The molecule has 1 aromatic carbocycles. The SMILES string of the molecule is CC1(C)Oc2c(F)cc(N)cc2N(N=N)C1=N. The molecule has 0 aliphatic carbocycles. The summed E-state index contributed by atoms with van der Waals surface area (Å²) in [6, 6.07) is 2.55. The van der Waals surface area contributed by atoms with Gasteiger partial charge in [-0.1, -0.05) is 5.22 Å². The first-order valence-corrected chi connectivity index (χ1v) is 4.91. The summed E-state index contributed by atoms with van der Waals surface area (Å²) in [6.45, 7) is 3.21. The van der Waals surface area contributed by atoms with Crippen molar-refractivity contribution in [1.82, 2.24) is 0 Å². The Balaban J connectivity index is 2.68. The van der Waals surface area contributed by atoms with Gasteiger partial charge in [0.15, 0.2) is 23.0 Å². The Bertz CT molecular complexity index is 514. The number of nitrogens with two attached hydrogens (primary N) is 1. The van der Waals surface area contributed by atoms with Crippen LogP contribution in [-0.2, 0) is 0 Å². The van der Waals surface area contributed by atoms with Gasteiger partial charge >= 0.3 is 0 Å². The average Bonchev–Trinajstić information content (AvgIpc) is 2.22. The van der Waals surface area contributed by atoms with Crippen LogP contribution in [0, 0.1) is 16.8 Å². The lowest BCUT2D eigenvalue weighted by Crippen LogP contribution is -2.50. The highest BCUT2D eigenvalue weighted by Crippen LogP contribution is 2.41. The van der Waals surface area contributed by atoms with Crippen LogP contribution in [0.2, 0.25) is 0 Å². The Hall–Kier alpha value is -2.18. The summed E-state index contributed by atoms with van der Waals surface area (Å²) in [4.78, 5) is 0. The molecular weight excluding hydrogens is 225 g/mol. The van der Waals surface area contributed by atoms with Crippen LogP contribution in [-0.4, -0.2) is 11.4 Å². The van der Waals surface area contributed by atoms with Gasteiger partial charge in [-0.2, -0.15) is 10.5 Å². The molecule has 0 aromatic heterocycles. The van der Waals surface area contributed by atoms with Crippen LogP contribution < -0.4 is 15.5 Å². The molecule has 4 N–H and O–H groups in total. The molecule has 1 aliphatic rings. The van der Waals surface area contributed by atoms with Gasteiger partial charge in [-0.15, -0.1) is 0 Å². The molecule has 0 spiro atoms. The number of rotatable bonds is 1. The van der Waals surface area contributed by atoms with E-state index in [-0.39, 0.29) is 23.0 Å². The van der Waals surface area contributed by atoms with Crippen LogP contribution in [0.1, 0.15) is 13.8 Å². The van der Waals surface area contributed by atoms with Crippen LogP contribution in [0.3, 0.4) is 0 Å². The minimum Gasteiger partial charge on any atom is -0.475 e. The number of halogens is 1. The van der Waals surface area contributed by atoms with Crippen molar-refractivity contribution in [1.29, 1.82) is 10.9 Å². The maximum atomic E-state index is 13.7. The third-order valence-corrected chi connectivity index (χ3v) is 2.51. The predicted octanol–water partition coefficient (Wildman–Crippen LogP) is 2.31. The molecule has 0 fully saturated rings. The van der Waals surface area contributed by atoms with Gasteiger partial charge in [-0.3, -0.25) is 5.41 Å². The lowest BCUT2D eigenvalue weighted by atomic mass is 10.0. The molecule has 0 atom stereocenters. The minimum atomic E-state index is -1.05. The number of ether oxygens (including phenoxy) is 1. The molecule has 0 unspecified atom stereocenters. The lowest BCUT2D eigenvalue weighted by molar-refractivity contribution is 0.164. The first-order valence-electron chi connectivity index (χ1n) is 4.91. The number of nitrogen functional groups attached to an aromatic ring is 1. The van der Waals surface area contributed by atoms with Crippen molar-refractivity contribution >= 4 is 17.2 Å². The molecule has 2 rings (SSSR count). The molecule has 1 heterocycles. The second-order valence-electron chi connectivity index (χ2n) is 4.22. The van der Waals surface area contributed by atoms with E-state index in [0.29, 0.717) is 0 Å². The number of nitrogens with zero attached hydrogens (tertiary/aromatic N) is 2. The standard InChI is InChI=1S/C10H12FN5O/c1-10(2)9(13)16(15-14)7-4-5(12)3-6(11)8(7)17-10/h3-4,13-14H,12H2,1-2H3. The highest BCUT2D eigenvalue weighted by molar-refractivity contribution is 6.03. The molecule has 1 aliphatic heterocycles. The fraction of sp³-hybridized carbons (Fsp3) is 0.300. The van der Waals surface area contributed by atoms with Crippen LogP contribution >= 0.6 is 0 Å². The minimum absolute atomic E-state index is 0.0452. The van der Waals surface area contributed by atoms with Crippen molar-refractivity contribution in [2.75, 3.05) is 10.7 Å². The predicted molar refractivity (Wildman–Crippen MR) is 60.9 cm³/mol.